The number of carbonyl (C=O) groups is 2. The number of rotatable bonds is 1. The highest BCUT2D eigenvalue weighted by Gasteiger charge is 2.20. The predicted molar refractivity (Wildman–Crippen MR) is 66.7 cm³/mol. The SMILES string of the molecule is CC(=O)OC1CCCCCCCCCCC1=O. The van der Waals surface area contributed by atoms with Crippen LogP contribution in [0.3, 0.4) is 0 Å². The standard InChI is InChI=1S/C14H24O3/c1-12(15)17-14-11-9-7-5-3-2-4-6-8-10-13(14)16/h14H,2-11H2,1H3. The van der Waals surface area contributed by atoms with Gasteiger partial charge < -0.3 is 4.74 Å². The molecule has 17 heavy (non-hydrogen) atoms. The molecule has 0 spiro atoms. The molecule has 1 rings (SSSR count). The van der Waals surface area contributed by atoms with E-state index in [9.17, 15) is 9.59 Å². The van der Waals surface area contributed by atoms with E-state index in [1.807, 2.05) is 0 Å². The second-order valence-corrected chi connectivity index (χ2v) is 4.93. The lowest BCUT2D eigenvalue weighted by Gasteiger charge is -2.16. The van der Waals surface area contributed by atoms with Crippen LogP contribution in [0.4, 0.5) is 0 Å². The molecule has 0 aromatic rings. The summed E-state index contributed by atoms with van der Waals surface area (Å²) >= 11 is 0. The largest absolute Gasteiger partial charge is 0.455 e. The lowest BCUT2D eigenvalue weighted by Crippen LogP contribution is -2.26. The van der Waals surface area contributed by atoms with Crippen LogP contribution in [0.15, 0.2) is 0 Å². The number of Topliss-reactive ketones (excluding diaryl/α,β-unsaturated/α-hetero) is 1. The Hall–Kier alpha value is -0.860. The summed E-state index contributed by atoms with van der Waals surface area (Å²) in [4.78, 5) is 22.8. The monoisotopic (exact) mass is 240 g/mol. The van der Waals surface area contributed by atoms with Gasteiger partial charge >= 0.3 is 5.97 Å². The van der Waals surface area contributed by atoms with Crippen molar-refractivity contribution in [3.63, 3.8) is 0 Å². The zero-order valence-corrected chi connectivity index (χ0v) is 10.9. The normalized spacial score (nSPS) is 24.5. The van der Waals surface area contributed by atoms with Crippen LogP contribution in [0.5, 0.6) is 0 Å². The first-order valence-electron chi connectivity index (χ1n) is 6.90. The molecule has 1 atom stereocenters. The molecule has 3 heteroatoms. The Morgan fingerprint density at radius 1 is 1.00 bits per heavy atom. The van der Waals surface area contributed by atoms with Crippen LogP contribution in [0.1, 0.15) is 71.1 Å². The number of ether oxygens (including phenoxy) is 1. The van der Waals surface area contributed by atoms with Crippen molar-refractivity contribution in [2.45, 2.75) is 77.2 Å². The average molecular weight is 240 g/mol. The van der Waals surface area contributed by atoms with Crippen molar-refractivity contribution in [2.75, 3.05) is 0 Å². The van der Waals surface area contributed by atoms with Gasteiger partial charge in [0.2, 0.25) is 0 Å². The third-order valence-corrected chi connectivity index (χ3v) is 3.31. The maximum absolute atomic E-state index is 11.9. The van der Waals surface area contributed by atoms with Gasteiger partial charge in [-0.05, 0) is 19.3 Å². The fourth-order valence-corrected chi connectivity index (χ4v) is 2.34. The molecular formula is C14H24O3. The van der Waals surface area contributed by atoms with Gasteiger partial charge in [0.25, 0.3) is 0 Å². The minimum Gasteiger partial charge on any atom is -0.455 e. The van der Waals surface area contributed by atoms with Crippen LogP contribution in [0.2, 0.25) is 0 Å². The third-order valence-electron chi connectivity index (χ3n) is 3.31. The predicted octanol–water partition coefficient (Wildman–Crippen LogP) is 3.40. The molecule has 0 amide bonds. The van der Waals surface area contributed by atoms with Gasteiger partial charge in [0, 0.05) is 13.3 Å². The smallest absolute Gasteiger partial charge is 0.303 e. The fourth-order valence-electron chi connectivity index (χ4n) is 2.34. The Kier molecular flexibility index (Phi) is 6.90. The van der Waals surface area contributed by atoms with Crippen LogP contribution in [-0.4, -0.2) is 17.9 Å². The lowest BCUT2D eigenvalue weighted by atomic mass is 9.98. The quantitative estimate of drug-likeness (QED) is 0.660. The molecule has 1 fully saturated rings. The number of carbonyl (C=O) groups excluding carboxylic acids is 2. The first-order chi connectivity index (χ1) is 8.20. The van der Waals surface area contributed by atoms with Crippen LogP contribution in [-0.2, 0) is 14.3 Å². The van der Waals surface area contributed by atoms with Crippen molar-refractivity contribution in [3.8, 4) is 0 Å². The lowest BCUT2D eigenvalue weighted by molar-refractivity contribution is -0.153. The van der Waals surface area contributed by atoms with Gasteiger partial charge in [-0.1, -0.05) is 38.5 Å². The zero-order valence-electron chi connectivity index (χ0n) is 10.9. The molecule has 0 radical (unpaired) electrons. The number of hydrogen-bond acceptors (Lipinski definition) is 3. The summed E-state index contributed by atoms with van der Waals surface area (Å²) in [6, 6.07) is 0. The van der Waals surface area contributed by atoms with Crippen LogP contribution >= 0.6 is 0 Å². The first kappa shape index (κ1) is 14.2. The van der Waals surface area contributed by atoms with Crippen molar-refractivity contribution in [3.05, 3.63) is 0 Å². The first-order valence-corrected chi connectivity index (χ1v) is 6.90. The Balaban J connectivity index is 2.45. The van der Waals surface area contributed by atoms with E-state index in [4.69, 9.17) is 4.74 Å². The molecule has 1 unspecified atom stereocenters. The van der Waals surface area contributed by atoms with Crippen molar-refractivity contribution in [1.82, 2.24) is 0 Å². The molecule has 1 aliphatic rings. The van der Waals surface area contributed by atoms with Crippen LogP contribution < -0.4 is 0 Å². The summed E-state index contributed by atoms with van der Waals surface area (Å²) < 4.78 is 5.12. The Labute approximate surface area is 104 Å². The van der Waals surface area contributed by atoms with Gasteiger partial charge in [-0.15, -0.1) is 0 Å². The van der Waals surface area contributed by atoms with E-state index < -0.39 is 6.10 Å². The summed E-state index contributed by atoms with van der Waals surface area (Å²) in [5.41, 5.74) is 0. The van der Waals surface area contributed by atoms with E-state index in [-0.39, 0.29) is 11.8 Å². The van der Waals surface area contributed by atoms with Crippen molar-refractivity contribution < 1.29 is 14.3 Å². The number of hydrogen-bond donors (Lipinski definition) is 0. The average Bonchev–Trinajstić information content (AvgIpc) is 2.27. The molecule has 0 saturated heterocycles. The molecule has 0 N–H and O–H groups in total. The highest BCUT2D eigenvalue weighted by atomic mass is 16.5. The zero-order chi connectivity index (χ0) is 12.5. The second-order valence-electron chi connectivity index (χ2n) is 4.93. The Bertz CT molecular complexity index is 248. The minimum absolute atomic E-state index is 0.112. The molecule has 0 aromatic carbocycles. The van der Waals surface area contributed by atoms with Gasteiger partial charge in [0.05, 0.1) is 0 Å². The van der Waals surface area contributed by atoms with Gasteiger partial charge in [-0.2, -0.15) is 0 Å². The molecular weight excluding hydrogens is 216 g/mol. The van der Waals surface area contributed by atoms with Gasteiger partial charge in [0.1, 0.15) is 0 Å². The topological polar surface area (TPSA) is 43.4 Å². The maximum atomic E-state index is 11.9. The highest BCUT2D eigenvalue weighted by molar-refractivity contribution is 5.85. The van der Waals surface area contributed by atoms with E-state index in [1.165, 1.54) is 32.6 Å². The van der Waals surface area contributed by atoms with Gasteiger partial charge in [-0.3, -0.25) is 9.59 Å². The molecule has 98 valence electrons. The Morgan fingerprint density at radius 3 is 2.12 bits per heavy atom. The van der Waals surface area contributed by atoms with Crippen molar-refractivity contribution in [1.29, 1.82) is 0 Å². The maximum Gasteiger partial charge on any atom is 0.303 e. The van der Waals surface area contributed by atoms with E-state index >= 15 is 0 Å². The van der Waals surface area contributed by atoms with Gasteiger partial charge in [0.15, 0.2) is 11.9 Å². The summed E-state index contributed by atoms with van der Waals surface area (Å²) in [5.74, 6) is -0.226. The van der Waals surface area contributed by atoms with Crippen LogP contribution in [0.25, 0.3) is 0 Å². The summed E-state index contributed by atoms with van der Waals surface area (Å²) in [5, 5.41) is 0. The molecule has 0 aromatic heterocycles. The third kappa shape index (κ3) is 6.44. The van der Waals surface area contributed by atoms with E-state index in [2.05, 4.69) is 0 Å². The molecule has 1 saturated carbocycles. The summed E-state index contributed by atoms with van der Waals surface area (Å²) in [7, 11) is 0. The number of ketones is 1. The molecule has 3 nitrogen and oxygen atoms in total. The number of esters is 1. The minimum atomic E-state index is -0.480. The summed E-state index contributed by atoms with van der Waals surface area (Å²) in [6.45, 7) is 1.38. The van der Waals surface area contributed by atoms with Crippen molar-refractivity contribution in [2.24, 2.45) is 0 Å². The molecule has 1 aliphatic carbocycles. The molecule has 0 aliphatic heterocycles. The molecule has 0 bridgehead atoms. The van der Waals surface area contributed by atoms with E-state index in [1.54, 1.807) is 0 Å². The summed E-state index contributed by atoms with van der Waals surface area (Å²) in [6.07, 6.45) is 10.0. The Morgan fingerprint density at radius 2 is 1.53 bits per heavy atom. The van der Waals surface area contributed by atoms with Crippen LogP contribution in [0, 0.1) is 0 Å². The van der Waals surface area contributed by atoms with Gasteiger partial charge in [-0.25, -0.2) is 0 Å². The van der Waals surface area contributed by atoms with Crippen molar-refractivity contribution >= 4 is 11.8 Å². The highest BCUT2D eigenvalue weighted by Crippen LogP contribution is 2.17. The van der Waals surface area contributed by atoms with E-state index in [0.29, 0.717) is 12.8 Å². The fraction of sp³-hybridized carbons (Fsp3) is 0.857. The second kappa shape index (κ2) is 8.26. The van der Waals surface area contributed by atoms with E-state index in [0.717, 1.165) is 25.7 Å². The molecule has 0 heterocycles.